The van der Waals surface area contributed by atoms with Gasteiger partial charge in [-0.15, -0.1) is 0 Å². The van der Waals surface area contributed by atoms with Crippen LogP contribution in [0.1, 0.15) is 31.7 Å². The highest BCUT2D eigenvalue weighted by Gasteiger charge is 2.40. The van der Waals surface area contributed by atoms with E-state index in [4.69, 9.17) is 0 Å². The van der Waals surface area contributed by atoms with E-state index < -0.39 is 5.60 Å². The lowest BCUT2D eigenvalue weighted by Gasteiger charge is -2.38. The lowest BCUT2D eigenvalue weighted by molar-refractivity contribution is -0.0822. The monoisotopic (exact) mass is 324 g/mol. The molecule has 2 unspecified atom stereocenters. The fraction of sp³-hybridized carbons (Fsp3) is 0.500. The summed E-state index contributed by atoms with van der Waals surface area (Å²) in [5.41, 5.74) is -0.133. The van der Waals surface area contributed by atoms with E-state index in [9.17, 15) is 10.2 Å². The summed E-state index contributed by atoms with van der Waals surface area (Å²) in [6.45, 7) is -0.211. The normalized spacial score (nSPS) is 27.8. The quantitative estimate of drug-likeness (QED) is 0.892. The summed E-state index contributed by atoms with van der Waals surface area (Å²) in [4.78, 5) is 0. The van der Waals surface area contributed by atoms with Crippen LogP contribution in [0.4, 0.5) is 0 Å². The Bertz CT molecular complexity index is 598. The van der Waals surface area contributed by atoms with Gasteiger partial charge in [-0.25, -0.2) is 0 Å². The van der Waals surface area contributed by atoms with Crippen molar-refractivity contribution in [3.63, 3.8) is 0 Å². The third-order valence-electron chi connectivity index (χ3n) is 4.03. The highest BCUT2D eigenvalue weighted by Crippen LogP contribution is 2.37. The molecule has 1 aromatic carbocycles. The van der Waals surface area contributed by atoms with Gasteiger partial charge in [-0.3, -0.25) is 4.68 Å². The third kappa shape index (κ3) is 2.30. The van der Waals surface area contributed by atoms with Crippen molar-refractivity contribution in [1.29, 1.82) is 0 Å². The van der Waals surface area contributed by atoms with Crippen LogP contribution >= 0.6 is 15.9 Å². The SMILES string of the molecule is OCC1(O)CCCCC1n1cc2cc(Br)ccc2n1. The van der Waals surface area contributed by atoms with Gasteiger partial charge in [0.15, 0.2) is 0 Å². The van der Waals surface area contributed by atoms with E-state index in [1.807, 2.05) is 29.1 Å². The average Bonchev–Trinajstić information content (AvgIpc) is 2.81. The molecular formula is C14H17BrN2O2. The molecule has 3 rings (SSSR count). The van der Waals surface area contributed by atoms with Crippen molar-refractivity contribution in [1.82, 2.24) is 9.78 Å². The Morgan fingerprint density at radius 3 is 3.05 bits per heavy atom. The zero-order valence-corrected chi connectivity index (χ0v) is 12.2. The standard InChI is InChI=1S/C14H17BrN2O2/c15-11-4-5-12-10(7-11)8-17(16-12)13-3-1-2-6-14(13,19)9-18/h4-5,7-8,13,18-19H,1-3,6,9H2. The summed E-state index contributed by atoms with van der Waals surface area (Å²) in [5.74, 6) is 0. The first-order valence-corrected chi connectivity index (χ1v) is 7.39. The maximum absolute atomic E-state index is 10.6. The van der Waals surface area contributed by atoms with Crippen LogP contribution in [0.3, 0.4) is 0 Å². The van der Waals surface area contributed by atoms with Crippen LogP contribution in [0.25, 0.3) is 10.9 Å². The van der Waals surface area contributed by atoms with Gasteiger partial charge in [0, 0.05) is 16.1 Å². The minimum atomic E-state index is -1.04. The van der Waals surface area contributed by atoms with E-state index >= 15 is 0 Å². The van der Waals surface area contributed by atoms with E-state index in [1.165, 1.54) is 0 Å². The third-order valence-corrected chi connectivity index (χ3v) is 4.53. The Kier molecular flexibility index (Phi) is 3.37. The predicted octanol–water partition coefficient (Wildman–Crippen LogP) is 2.64. The van der Waals surface area contributed by atoms with E-state index in [0.29, 0.717) is 6.42 Å². The molecule has 4 nitrogen and oxygen atoms in total. The van der Waals surface area contributed by atoms with Crippen LogP contribution in [0.15, 0.2) is 28.9 Å². The van der Waals surface area contributed by atoms with Crippen molar-refractivity contribution in [3.05, 3.63) is 28.9 Å². The molecule has 0 aliphatic heterocycles. The maximum atomic E-state index is 10.6. The summed E-state index contributed by atoms with van der Waals surface area (Å²) >= 11 is 3.45. The van der Waals surface area contributed by atoms with E-state index in [2.05, 4.69) is 21.0 Å². The van der Waals surface area contributed by atoms with Crippen LogP contribution < -0.4 is 0 Å². The molecule has 1 aromatic heterocycles. The average molecular weight is 325 g/mol. The predicted molar refractivity (Wildman–Crippen MR) is 77.0 cm³/mol. The molecule has 0 amide bonds. The number of rotatable bonds is 2. The number of aromatic nitrogens is 2. The number of aliphatic hydroxyl groups excluding tert-OH is 1. The van der Waals surface area contributed by atoms with Gasteiger partial charge in [0.2, 0.25) is 0 Å². The summed E-state index contributed by atoms with van der Waals surface area (Å²) in [5, 5.41) is 25.6. The molecule has 1 fully saturated rings. The molecule has 0 spiro atoms. The first-order valence-electron chi connectivity index (χ1n) is 6.60. The second-order valence-electron chi connectivity index (χ2n) is 5.34. The first-order chi connectivity index (χ1) is 9.12. The Hall–Kier alpha value is -0.910. The smallest absolute Gasteiger partial charge is 0.110 e. The van der Waals surface area contributed by atoms with Gasteiger partial charge in [-0.05, 0) is 31.0 Å². The molecule has 2 N–H and O–H groups in total. The molecule has 19 heavy (non-hydrogen) atoms. The zero-order chi connectivity index (χ0) is 13.5. The topological polar surface area (TPSA) is 58.3 Å². The number of hydrogen-bond donors (Lipinski definition) is 2. The number of aliphatic hydroxyl groups is 2. The number of nitrogens with zero attached hydrogens (tertiary/aromatic N) is 2. The van der Waals surface area contributed by atoms with Gasteiger partial charge in [-0.2, -0.15) is 5.10 Å². The molecule has 0 bridgehead atoms. The summed E-state index contributed by atoms with van der Waals surface area (Å²) in [6, 6.07) is 5.78. The number of fused-ring (bicyclic) bond motifs is 1. The minimum Gasteiger partial charge on any atom is -0.393 e. The van der Waals surface area contributed by atoms with Crippen LogP contribution in [0.5, 0.6) is 0 Å². The number of halogens is 1. The molecule has 5 heteroatoms. The van der Waals surface area contributed by atoms with Crippen LogP contribution in [0, 0.1) is 0 Å². The summed E-state index contributed by atoms with van der Waals surface area (Å²) in [6.07, 6.45) is 5.46. The van der Waals surface area contributed by atoms with E-state index in [1.54, 1.807) is 0 Å². The van der Waals surface area contributed by atoms with Crippen LogP contribution in [0.2, 0.25) is 0 Å². The van der Waals surface area contributed by atoms with Crippen molar-refractivity contribution in [3.8, 4) is 0 Å². The minimum absolute atomic E-state index is 0.141. The first kappa shape index (κ1) is 13.1. The van der Waals surface area contributed by atoms with Gasteiger partial charge >= 0.3 is 0 Å². The Morgan fingerprint density at radius 1 is 1.42 bits per heavy atom. The van der Waals surface area contributed by atoms with Crippen molar-refractivity contribution >= 4 is 26.8 Å². The molecule has 1 aliphatic carbocycles. The van der Waals surface area contributed by atoms with Crippen molar-refractivity contribution < 1.29 is 10.2 Å². The second kappa shape index (κ2) is 4.89. The largest absolute Gasteiger partial charge is 0.393 e. The molecule has 2 atom stereocenters. The van der Waals surface area contributed by atoms with Crippen molar-refractivity contribution in [2.24, 2.45) is 0 Å². The molecule has 1 aliphatic rings. The number of benzene rings is 1. The van der Waals surface area contributed by atoms with Crippen LogP contribution in [-0.4, -0.2) is 32.2 Å². The fourth-order valence-electron chi connectivity index (χ4n) is 2.94. The van der Waals surface area contributed by atoms with Crippen LogP contribution in [-0.2, 0) is 0 Å². The summed E-state index contributed by atoms with van der Waals surface area (Å²) < 4.78 is 2.84. The Labute approximate surface area is 120 Å². The molecule has 1 saturated carbocycles. The zero-order valence-electron chi connectivity index (χ0n) is 10.6. The van der Waals surface area contributed by atoms with Gasteiger partial charge in [0.1, 0.15) is 5.60 Å². The lowest BCUT2D eigenvalue weighted by atomic mass is 9.81. The van der Waals surface area contributed by atoms with E-state index in [-0.39, 0.29) is 12.6 Å². The second-order valence-corrected chi connectivity index (χ2v) is 6.25. The Morgan fingerprint density at radius 2 is 2.26 bits per heavy atom. The lowest BCUT2D eigenvalue weighted by Crippen LogP contribution is -2.45. The maximum Gasteiger partial charge on any atom is 0.110 e. The summed E-state index contributed by atoms with van der Waals surface area (Å²) in [7, 11) is 0. The van der Waals surface area contributed by atoms with Crippen molar-refractivity contribution in [2.45, 2.75) is 37.3 Å². The molecule has 2 aromatic rings. The Balaban J connectivity index is 2.02. The van der Waals surface area contributed by atoms with E-state index in [0.717, 1.165) is 34.6 Å². The molecular weight excluding hydrogens is 308 g/mol. The molecule has 102 valence electrons. The van der Waals surface area contributed by atoms with Gasteiger partial charge in [0.05, 0.1) is 18.2 Å². The molecule has 0 saturated heterocycles. The van der Waals surface area contributed by atoms with Crippen molar-refractivity contribution in [2.75, 3.05) is 6.61 Å². The van der Waals surface area contributed by atoms with Gasteiger partial charge < -0.3 is 10.2 Å². The fourth-order valence-corrected chi connectivity index (χ4v) is 3.32. The number of hydrogen-bond acceptors (Lipinski definition) is 3. The van der Waals surface area contributed by atoms with Gasteiger partial charge in [0.25, 0.3) is 0 Å². The highest BCUT2D eigenvalue weighted by atomic mass is 79.9. The molecule has 0 radical (unpaired) electrons. The molecule has 1 heterocycles. The van der Waals surface area contributed by atoms with Gasteiger partial charge in [-0.1, -0.05) is 28.8 Å². The highest BCUT2D eigenvalue weighted by molar-refractivity contribution is 9.10.